The topological polar surface area (TPSA) is 124 Å². The van der Waals surface area contributed by atoms with Crippen molar-refractivity contribution in [3.63, 3.8) is 0 Å². The fraction of sp³-hybridized carbons (Fsp3) is 0.481. The summed E-state index contributed by atoms with van der Waals surface area (Å²) < 4.78 is 88.5. The van der Waals surface area contributed by atoms with Crippen LogP contribution in [0.2, 0.25) is 0 Å². The van der Waals surface area contributed by atoms with Gasteiger partial charge in [0.05, 0.1) is 0 Å². The first-order valence-corrected chi connectivity index (χ1v) is 14.5. The molecule has 2 aromatic carbocycles. The second-order valence-corrected chi connectivity index (χ2v) is 12.6. The van der Waals surface area contributed by atoms with Crippen LogP contribution in [0.15, 0.2) is 42.5 Å². The van der Waals surface area contributed by atoms with Crippen molar-refractivity contribution in [3.05, 3.63) is 70.8 Å². The number of nitrogens with two attached hydrogens (primary N) is 1. The number of alkyl halides is 3. The summed E-state index contributed by atoms with van der Waals surface area (Å²) in [4.78, 5) is 22.8. The molecule has 0 radical (unpaired) electrons. The number of hydrogen-bond acceptors (Lipinski definition) is 5. The van der Waals surface area contributed by atoms with Gasteiger partial charge in [-0.3, -0.25) is 9.69 Å². The maximum absolute atomic E-state index is 14.3. The summed E-state index contributed by atoms with van der Waals surface area (Å²) in [5, 5.41) is 7.12. The first-order chi connectivity index (χ1) is 19.5. The van der Waals surface area contributed by atoms with Crippen LogP contribution in [0.25, 0.3) is 0 Å². The molecule has 9 nitrogen and oxygen atoms in total. The lowest BCUT2D eigenvalue weighted by Crippen LogP contribution is -2.48. The van der Waals surface area contributed by atoms with Gasteiger partial charge in [0, 0.05) is 56.9 Å². The van der Waals surface area contributed by atoms with Crippen molar-refractivity contribution in [1.82, 2.24) is 13.5 Å². The largest absolute Gasteiger partial charge is 0.490 e. The van der Waals surface area contributed by atoms with Gasteiger partial charge in [-0.2, -0.15) is 30.2 Å². The van der Waals surface area contributed by atoms with Crippen LogP contribution < -0.4 is 5.73 Å². The van der Waals surface area contributed by atoms with E-state index < -0.39 is 39.9 Å². The average Bonchev–Trinajstić information content (AvgIpc) is 3.13. The average molecular weight is 621 g/mol. The molecule has 2 saturated heterocycles. The predicted molar refractivity (Wildman–Crippen MR) is 144 cm³/mol. The van der Waals surface area contributed by atoms with Gasteiger partial charge in [-0.15, -0.1) is 0 Å². The van der Waals surface area contributed by atoms with Gasteiger partial charge >= 0.3 is 12.1 Å². The maximum atomic E-state index is 14.3. The summed E-state index contributed by atoms with van der Waals surface area (Å²) in [6.45, 7) is 0.236. The summed E-state index contributed by atoms with van der Waals surface area (Å²) in [7, 11) is -1.07. The van der Waals surface area contributed by atoms with Crippen molar-refractivity contribution in [2.45, 2.75) is 56.4 Å². The number of fused-ring (bicyclic) bond motifs is 2. The van der Waals surface area contributed by atoms with Crippen LogP contribution in [0, 0.1) is 11.6 Å². The number of carbonyl (C=O) groups is 2. The van der Waals surface area contributed by atoms with Crippen LogP contribution in [0.4, 0.5) is 22.0 Å². The highest BCUT2D eigenvalue weighted by Crippen LogP contribution is 2.43. The zero-order valence-electron chi connectivity index (χ0n) is 23.0. The van der Waals surface area contributed by atoms with Crippen LogP contribution in [0.1, 0.15) is 53.1 Å². The number of amides is 1. The number of nitrogens with zero attached hydrogens (tertiary/aromatic N) is 3. The normalized spacial score (nSPS) is 20.8. The number of carboxylic acids is 1. The minimum absolute atomic E-state index is 0.128. The van der Waals surface area contributed by atoms with Crippen LogP contribution in [-0.4, -0.2) is 84.4 Å². The molecule has 0 aliphatic carbocycles. The molecule has 232 valence electrons. The van der Waals surface area contributed by atoms with E-state index in [1.807, 2.05) is 18.2 Å². The lowest BCUT2D eigenvalue weighted by atomic mass is 9.84. The third kappa shape index (κ3) is 8.02. The lowest BCUT2D eigenvalue weighted by molar-refractivity contribution is -0.192. The van der Waals surface area contributed by atoms with Crippen molar-refractivity contribution < 1.29 is 45.1 Å². The first kappa shape index (κ1) is 33.4. The van der Waals surface area contributed by atoms with Gasteiger partial charge in [-0.1, -0.05) is 18.2 Å². The monoisotopic (exact) mass is 620 g/mol. The van der Waals surface area contributed by atoms with Gasteiger partial charge in [0.1, 0.15) is 11.6 Å². The van der Waals surface area contributed by atoms with E-state index in [1.165, 1.54) is 20.2 Å². The van der Waals surface area contributed by atoms with E-state index in [-0.39, 0.29) is 30.7 Å². The Morgan fingerprint density at radius 2 is 1.55 bits per heavy atom. The number of piperidine rings is 1. The smallest absolute Gasteiger partial charge is 0.475 e. The van der Waals surface area contributed by atoms with Crippen LogP contribution in [0.5, 0.6) is 0 Å². The molecule has 2 aliphatic heterocycles. The quantitative estimate of drug-likeness (QED) is 0.412. The highest BCUT2D eigenvalue weighted by atomic mass is 32.2. The summed E-state index contributed by atoms with van der Waals surface area (Å²) in [6, 6.07) is 11.6. The van der Waals surface area contributed by atoms with Crippen molar-refractivity contribution in [1.29, 1.82) is 0 Å². The Bertz CT molecular complexity index is 1350. The number of carboxylic acid groups (broad SMARTS) is 1. The number of carbonyl (C=O) groups excluding carboxylic acids is 1. The molecule has 2 aliphatic rings. The third-order valence-electron chi connectivity index (χ3n) is 7.56. The molecule has 2 unspecified atom stereocenters. The number of aliphatic carboxylic acids is 1. The number of rotatable bonds is 9. The SMILES string of the molecule is CN(C)S(=O)(=O)N(CCN1C2CCC1CC(c1cccc(C(N)=O)c1)C2)Cc1c(F)cccc1F.O=C(O)C(F)(F)F. The molecule has 0 spiro atoms. The minimum Gasteiger partial charge on any atom is -0.475 e. The molecule has 2 bridgehead atoms. The van der Waals surface area contributed by atoms with Gasteiger partial charge in [0.2, 0.25) is 5.91 Å². The molecule has 2 atom stereocenters. The molecular weight excluding hydrogens is 587 g/mol. The van der Waals surface area contributed by atoms with Crippen LogP contribution in [-0.2, 0) is 21.5 Å². The Balaban J connectivity index is 0.000000616. The molecule has 0 saturated carbocycles. The second-order valence-electron chi connectivity index (χ2n) is 10.4. The maximum Gasteiger partial charge on any atom is 0.490 e. The van der Waals surface area contributed by atoms with E-state index in [0.29, 0.717) is 18.0 Å². The Labute approximate surface area is 240 Å². The number of hydrogen-bond donors (Lipinski definition) is 2. The highest BCUT2D eigenvalue weighted by molar-refractivity contribution is 7.86. The number of benzene rings is 2. The third-order valence-corrected chi connectivity index (χ3v) is 9.45. The number of halogens is 5. The van der Waals surface area contributed by atoms with E-state index in [4.69, 9.17) is 15.6 Å². The molecule has 2 heterocycles. The van der Waals surface area contributed by atoms with Crippen molar-refractivity contribution in [3.8, 4) is 0 Å². The molecule has 42 heavy (non-hydrogen) atoms. The molecule has 3 N–H and O–H groups in total. The minimum atomic E-state index is -5.08. The molecule has 1 amide bonds. The summed E-state index contributed by atoms with van der Waals surface area (Å²) >= 11 is 0. The molecule has 4 rings (SSSR count). The fourth-order valence-corrected chi connectivity index (χ4v) is 6.52. The molecule has 2 fully saturated rings. The van der Waals surface area contributed by atoms with E-state index in [1.54, 1.807) is 6.07 Å². The fourth-order valence-electron chi connectivity index (χ4n) is 5.45. The Morgan fingerprint density at radius 3 is 2.02 bits per heavy atom. The molecule has 2 aromatic rings. The highest BCUT2D eigenvalue weighted by Gasteiger charge is 2.41. The van der Waals surface area contributed by atoms with Gasteiger partial charge in [-0.05, 0) is 61.4 Å². The Hall–Kier alpha value is -3.14. The van der Waals surface area contributed by atoms with E-state index in [9.17, 15) is 35.2 Å². The summed E-state index contributed by atoms with van der Waals surface area (Å²) in [5.41, 5.74) is 6.80. The zero-order chi connectivity index (χ0) is 31.4. The van der Waals surface area contributed by atoms with Crippen LogP contribution >= 0.6 is 0 Å². The van der Waals surface area contributed by atoms with Gasteiger partial charge < -0.3 is 10.8 Å². The standard InChI is InChI=1S/C25H32F2N4O3S.C2HF3O2/c1-29(2)35(33,34)30(16-22-23(26)7-4-8-24(22)27)11-12-31-20-9-10-21(31)15-19(14-20)17-5-3-6-18(13-17)25(28)32;3-2(4,5)1(6)7/h3-8,13,19-21H,9-12,14-16H2,1-2H3,(H2,28,32);(H,6,7). The second kappa shape index (κ2) is 13.4. The van der Waals surface area contributed by atoms with E-state index in [2.05, 4.69) is 4.90 Å². The molecule has 15 heteroatoms. The predicted octanol–water partition coefficient (Wildman–Crippen LogP) is 3.72. The van der Waals surface area contributed by atoms with Crippen molar-refractivity contribution in [2.24, 2.45) is 5.73 Å². The lowest BCUT2D eigenvalue weighted by Gasteiger charge is -2.40. The van der Waals surface area contributed by atoms with E-state index >= 15 is 0 Å². The van der Waals surface area contributed by atoms with Crippen LogP contribution in [0.3, 0.4) is 0 Å². The zero-order valence-corrected chi connectivity index (χ0v) is 23.8. The Kier molecular flexibility index (Phi) is 10.7. The van der Waals surface area contributed by atoms with Gasteiger partial charge in [0.15, 0.2) is 0 Å². The first-order valence-electron chi connectivity index (χ1n) is 13.1. The molecular formula is C27H33F5N4O5S. The van der Waals surface area contributed by atoms with Gasteiger partial charge in [0.25, 0.3) is 10.2 Å². The van der Waals surface area contributed by atoms with Crippen molar-refractivity contribution >= 4 is 22.1 Å². The molecule has 0 aromatic heterocycles. The van der Waals surface area contributed by atoms with Gasteiger partial charge in [-0.25, -0.2) is 13.6 Å². The van der Waals surface area contributed by atoms with E-state index in [0.717, 1.165) is 52.0 Å². The Morgan fingerprint density at radius 1 is 1.02 bits per heavy atom. The number of primary amides is 1. The summed E-state index contributed by atoms with van der Waals surface area (Å²) in [6.07, 6.45) is -1.25. The summed E-state index contributed by atoms with van der Waals surface area (Å²) in [5.74, 6) is -4.42. The van der Waals surface area contributed by atoms with Crippen molar-refractivity contribution in [2.75, 3.05) is 27.2 Å².